The van der Waals surface area contributed by atoms with Crippen molar-refractivity contribution in [1.29, 1.82) is 0 Å². The van der Waals surface area contributed by atoms with E-state index in [1.54, 1.807) is 5.38 Å². The first-order chi connectivity index (χ1) is 10.4. The summed E-state index contributed by atoms with van der Waals surface area (Å²) in [7, 11) is 1.14. The second-order valence-electron chi connectivity index (χ2n) is 3.80. The largest absolute Gasteiger partial charge is 0.453 e. The average molecular weight is 379 g/mol. The van der Waals surface area contributed by atoms with Crippen LogP contribution in [0.4, 0.5) is 9.80 Å². The highest BCUT2D eigenvalue weighted by atomic mass is 35.5. The molecule has 10 heteroatoms. The quantitative estimate of drug-likeness (QED) is 0.848. The van der Waals surface area contributed by atoms with Crippen LogP contribution in [-0.2, 0) is 4.74 Å². The molecule has 0 aromatic carbocycles. The lowest BCUT2D eigenvalue weighted by Crippen LogP contribution is -2.30. The van der Waals surface area contributed by atoms with Gasteiger partial charge in [-0.05, 0) is 17.5 Å². The normalized spacial score (nSPS) is 10.1. The third-order valence-electron chi connectivity index (χ3n) is 2.44. The van der Waals surface area contributed by atoms with Gasteiger partial charge in [0.2, 0.25) is 0 Å². The molecule has 0 radical (unpaired) electrons. The Hall–Kier alpha value is -1.61. The van der Waals surface area contributed by atoms with Gasteiger partial charge in [-0.15, -0.1) is 22.7 Å². The highest BCUT2D eigenvalue weighted by molar-refractivity contribution is 7.20. The van der Waals surface area contributed by atoms with Crippen LogP contribution in [-0.4, -0.2) is 25.0 Å². The monoisotopic (exact) mass is 378 g/mol. The molecule has 2 rings (SSSR count). The fourth-order valence-electron chi connectivity index (χ4n) is 1.46. The molecule has 3 amide bonds. The molecule has 22 heavy (non-hydrogen) atoms. The lowest BCUT2D eigenvalue weighted by Gasteiger charge is -2.06. The Morgan fingerprint density at radius 1 is 1.18 bits per heavy atom. The van der Waals surface area contributed by atoms with Crippen molar-refractivity contribution in [3.8, 4) is 0 Å². The summed E-state index contributed by atoms with van der Waals surface area (Å²) in [5, 5.41) is 6.46. The lowest BCUT2D eigenvalue weighted by atomic mass is 10.3. The number of hydrogen-bond acceptors (Lipinski definition) is 6. The van der Waals surface area contributed by atoms with Crippen LogP contribution in [0.25, 0.3) is 0 Å². The zero-order valence-electron chi connectivity index (χ0n) is 10.9. The van der Waals surface area contributed by atoms with E-state index in [-0.39, 0.29) is 20.5 Å². The summed E-state index contributed by atoms with van der Waals surface area (Å²) in [4.78, 5) is 35.1. The predicted molar refractivity (Wildman–Crippen MR) is 86.5 cm³/mol. The molecule has 0 aliphatic carbocycles. The van der Waals surface area contributed by atoms with Crippen LogP contribution < -0.4 is 10.6 Å². The second kappa shape index (κ2) is 7.10. The molecular formula is C12H8Cl2N2O4S2. The number of carbonyl (C=O) groups excluding carboxylic acids is 3. The molecule has 0 fully saturated rings. The summed E-state index contributed by atoms with van der Waals surface area (Å²) in [6.45, 7) is 0. The highest BCUT2D eigenvalue weighted by Gasteiger charge is 2.20. The summed E-state index contributed by atoms with van der Waals surface area (Å²) in [6, 6.07) is 2.91. The van der Waals surface area contributed by atoms with Crippen molar-refractivity contribution in [2.45, 2.75) is 0 Å². The molecule has 0 saturated heterocycles. The van der Waals surface area contributed by atoms with Crippen molar-refractivity contribution in [1.82, 2.24) is 5.32 Å². The molecule has 2 aromatic rings. The molecule has 2 aromatic heterocycles. The minimum absolute atomic E-state index is 0.140. The van der Waals surface area contributed by atoms with E-state index in [1.165, 1.54) is 12.1 Å². The van der Waals surface area contributed by atoms with Crippen LogP contribution in [0.5, 0.6) is 0 Å². The number of ether oxygens (including phenoxy) is 1. The van der Waals surface area contributed by atoms with Gasteiger partial charge in [0.05, 0.1) is 22.6 Å². The number of carbonyl (C=O) groups is 3. The number of alkyl carbamates (subject to hydrolysis) is 1. The summed E-state index contributed by atoms with van der Waals surface area (Å²) in [6.07, 6.45) is -0.888. The van der Waals surface area contributed by atoms with E-state index in [0.29, 0.717) is 4.34 Å². The number of rotatable bonds is 3. The first-order valence-electron chi connectivity index (χ1n) is 5.65. The molecule has 116 valence electrons. The van der Waals surface area contributed by atoms with E-state index in [2.05, 4.69) is 10.1 Å². The van der Waals surface area contributed by atoms with E-state index < -0.39 is 17.9 Å². The molecule has 0 aliphatic heterocycles. The fraction of sp³-hybridized carbons (Fsp3) is 0.0833. The Morgan fingerprint density at radius 2 is 1.91 bits per heavy atom. The first kappa shape index (κ1) is 16.8. The van der Waals surface area contributed by atoms with Crippen molar-refractivity contribution in [3.63, 3.8) is 0 Å². The maximum absolute atomic E-state index is 12.1. The number of imide groups is 1. The molecule has 0 atom stereocenters. The van der Waals surface area contributed by atoms with E-state index in [9.17, 15) is 14.4 Å². The molecule has 0 spiro atoms. The Bertz CT molecular complexity index is 741. The van der Waals surface area contributed by atoms with Gasteiger partial charge >= 0.3 is 6.09 Å². The van der Waals surface area contributed by atoms with Crippen LogP contribution in [0, 0.1) is 0 Å². The maximum Gasteiger partial charge on any atom is 0.413 e. The van der Waals surface area contributed by atoms with Gasteiger partial charge in [-0.1, -0.05) is 23.2 Å². The van der Waals surface area contributed by atoms with Crippen molar-refractivity contribution in [2.75, 3.05) is 12.4 Å². The molecule has 2 N–H and O–H groups in total. The van der Waals surface area contributed by atoms with E-state index in [1.807, 2.05) is 5.32 Å². The van der Waals surface area contributed by atoms with Crippen molar-refractivity contribution >= 4 is 68.8 Å². The molecule has 0 aliphatic rings. The third kappa shape index (κ3) is 3.77. The summed E-state index contributed by atoms with van der Waals surface area (Å²) in [5.74, 6) is -1.18. The van der Waals surface area contributed by atoms with Gasteiger partial charge in [0, 0.05) is 0 Å². The van der Waals surface area contributed by atoms with Crippen LogP contribution in [0.2, 0.25) is 8.67 Å². The van der Waals surface area contributed by atoms with Crippen LogP contribution >= 0.6 is 45.9 Å². The number of halogens is 2. The summed E-state index contributed by atoms with van der Waals surface area (Å²) < 4.78 is 4.97. The minimum Gasteiger partial charge on any atom is -0.453 e. The number of hydrogen-bond donors (Lipinski definition) is 2. The minimum atomic E-state index is -0.888. The lowest BCUT2D eigenvalue weighted by molar-refractivity contribution is 0.0938. The summed E-state index contributed by atoms with van der Waals surface area (Å²) in [5.41, 5.74) is 0.352. The molecule has 6 nitrogen and oxygen atoms in total. The number of anilines is 1. The van der Waals surface area contributed by atoms with Gasteiger partial charge in [0.15, 0.2) is 0 Å². The maximum atomic E-state index is 12.1. The van der Waals surface area contributed by atoms with Crippen LogP contribution in [0.15, 0.2) is 17.5 Å². The standard InChI is InChI=1S/C12H8Cl2N2O4S2/c1-20-12(19)16-9(17)5-2-3-21-11(5)15-10(18)6-4-7(13)22-8(6)14/h2-4H,1H3,(H,15,18)(H,16,17,19). The van der Waals surface area contributed by atoms with E-state index in [4.69, 9.17) is 23.2 Å². The molecule has 2 heterocycles. The average Bonchev–Trinajstić information content (AvgIpc) is 3.04. The molecule has 0 saturated carbocycles. The van der Waals surface area contributed by atoms with Gasteiger partial charge in [0.25, 0.3) is 11.8 Å². The fourth-order valence-corrected chi connectivity index (χ4v) is 3.70. The number of thiophene rings is 2. The number of nitrogens with one attached hydrogen (secondary N) is 2. The first-order valence-corrected chi connectivity index (χ1v) is 8.10. The van der Waals surface area contributed by atoms with E-state index >= 15 is 0 Å². The Morgan fingerprint density at radius 3 is 2.50 bits per heavy atom. The number of amides is 3. The topological polar surface area (TPSA) is 84.5 Å². The van der Waals surface area contributed by atoms with Crippen molar-refractivity contribution < 1.29 is 19.1 Å². The Kier molecular flexibility index (Phi) is 5.41. The SMILES string of the molecule is COC(=O)NC(=O)c1ccsc1NC(=O)c1cc(Cl)sc1Cl. The van der Waals surface area contributed by atoms with Crippen LogP contribution in [0.3, 0.4) is 0 Å². The van der Waals surface area contributed by atoms with Crippen molar-refractivity contribution in [2.24, 2.45) is 0 Å². The zero-order chi connectivity index (χ0) is 16.3. The van der Waals surface area contributed by atoms with Gasteiger partial charge in [0.1, 0.15) is 9.34 Å². The van der Waals surface area contributed by atoms with Gasteiger partial charge in [-0.25, -0.2) is 4.79 Å². The van der Waals surface area contributed by atoms with Crippen LogP contribution in [0.1, 0.15) is 20.7 Å². The molecule has 0 bridgehead atoms. The van der Waals surface area contributed by atoms with Crippen molar-refractivity contribution in [3.05, 3.63) is 37.3 Å². The Balaban J connectivity index is 2.16. The number of methoxy groups -OCH3 is 1. The predicted octanol–water partition coefficient (Wildman–Crippen LogP) is 3.86. The highest BCUT2D eigenvalue weighted by Crippen LogP contribution is 2.32. The smallest absolute Gasteiger partial charge is 0.413 e. The zero-order valence-corrected chi connectivity index (χ0v) is 14.1. The van der Waals surface area contributed by atoms with E-state index in [0.717, 1.165) is 29.8 Å². The van der Waals surface area contributed by atoms with Gasteiger partial charge in [-0.3, -0.25) is 14.9 Å². The third-order valence-corrected chi connectivity index (χ3v) is 4.76. The molecule has 0 unspecified atom stereocenters. The van der Waals surface area contributed by atoms with Gasteiger partial charge < -0.3 is 10.1 Å². The molecular weight excluding hydrogens is 371 g/mol. The Labute approximate surface area is 143 Å². The van der Waals surface area contributed by atoms with Gasteiger partial charge in [-0.2, -0.15) is 0 Å². The second-order valence-corrected chi connectivity index (χ2v) is 7.00. The summed E-state index contributed by atoms with van der Waals surface area (Å²) >= 11 is 13.9.